The summed E-state index contributed by atoms with van der Waals surface area (Å²) in [5.74, 6) is 0. The highest BCUT2D eigenvalue weighted by atomic mass is 19.4. The molecule has 1 aromatic rings. The Labute approximate surface area is 111 Å². The van der Waals surface area contributed by atoms with E-state index >= 15 is 0 Å². The van der Waals surface area contributed by atoms with Crippen LogP contribution >= 0.6 is 0 Å². The van der Waals surface area contributed by atoms with Crippen LogP contribution < -0.4 is 10.6 Å². The number of nitrogens with two attached hydrogens (primary N) is 1. The van der Waals surface area contributed by atoms with E-state index in [0.717, 1.165) is 31.7 Å². The summed E-state index contributed by atoms with van der Waals surface area (Å²) in [6.45, 7) is 0. The second-order valence-electron chi connectivity index (χ2n) is 5.19. The van der Waals surface area contributed by atoms with Crippen molar-refractivity contribution in [2.24, 2.45) is 5.73 Å². The Morgan fingerprint density at radius 1 is 1.11 bits per heavy atom. The minimum absolute atomic E-state index is 0.142. The highest BCUT2D eigenvalue weighted by Gasteiger charge is 2.35. The molecule has 2 rings (SSSR count). The molecule has 0 unspecified atom stereocenters. The SMILES string of the molecule is CN(c1ccccc1C(F)(F)F)C1CCC(N)CC1. The Morgan fingerprint density at radius 3 is 2.26 bits per heavy atom. The van der Waals surface area contributed by atoms with Crippen molar-refractivity contribution in [1.29, 1.82) is 0 Å². The van der Waals surface area contributed by atoms with Gasteiger partial charge in [-0.05, 0) is 37.8 Å². The van der Waals surface area contributed by atoms with Gasteiger partial charge in [-0.1, -0.05) is 12.1 Å². The summed E-state index contributed by atoms with van der Waals surface area (Å²) in [7, 11) is 1.74. The zero-order valence-corrected chi connectivity index (χ0v) is 11.0. The number of anilines is 1. The van der Waals surface area contributed by atoms with Crippen molar-refractivity contribution in [3.05, 3.63) is 29.8 Å². The second-order valence-corrected chi connectivity index (χ2v) is 5.19. The normalized spacial score (nSPS) is 24.3. The van der Waals surface area contributed by atoms with E-state index in [1.54, 1.807) is 18.0 Å². The molecule has 0 heterocycles. The number of para-hydroxylation sites is 1. The van der Waals surface area contributed by atoms with Gasteiger partial charge in [0.05, 0.1) is 5.56 Å². The van der Waals surface area contributed by atoms with Gasteiger partial charge in [0.2, 0.25) is 0 Å². The molecule has 0 bridgehead atoms. The first kappa shape index (κ1) is 14.2. The van der Waals surface area contributed by atoms with Crippen LogP contribution in [0.4, 0.5) is 18.9 Å². The topological polar surface area (TPSA) is 29.3 Å². The molecule has 0 spiro atoms. The van der Waals surface area contributed by atoms with Crippen molar-refractivity contribution in [2.45, 2.75) is 43.9 Å². The molecular weight excluding hydrogens is 253 g/mol. The fourth-order valence-corrected chi connectivity index (χ4v) is 2.71. The molecule has 0 saturated heterocycles. The van der Waals surface area contributed by atoms with Crippen molar-refractivity contribution in [3.63, 3.8) is 0 Å². The fourth-order valence-electron chi connectivity index (χ4n) is 2.71. The third-order valence-electron chi connectivity index (χ3n) is 3.88. The van der Waals surface area contributed by atoms with E-state index in [1.165, 1.54) is 12.1 Å². The van der Waals surface area contributed by atoms with Gasteiger partial charge in [0, 0.05) is 24.8 Å². The second kappa shape index (κ2) is 5.41. The predicted octanol–water partition coefficient (Wildman–Crippen LogP) is 3.41. The first-order chi connectivity index (χ1) is 8.89. The van der Waals surface area contributed by atoms with E-state index in [1.807, 2.05) is 0 Å². The van der Waals surface area contributed by atoms with Crippen LogP contribution in [-0.2, 0) is 6.18 Å². The number of hydrogen-bond acceptors (Lipinski definition) is 2. The Hall–Kier alpha value is -1.23. The van der Waals surface area contributed by atoms with E-state index in [9.17, 15) is 13.2 Å². The molecule has 2 N–H and O–H groups in total. The molecule has 2 nitrogen and oxygen atoms in total. The van der Waals surface area contributed by atoms with Gasteiger partial charge < -0.3 is 10.6 Å². The van der Waals surface area contributed by atoms with Crippen LogP contribution in [0, 0.1) is 0 Å². The number of hydrogen-bond donors (Lipinski definition) is 1. The zero-order valence-electron chi connectivity index (χ0n) is 11.0. The number of rotatable bonds is 2. The van der Waals surface area contributed by atoms with Gasteiger partial charge in [-0.15, -0.1) is 0 Å². The summed E-state index contributed by atoms with van der Waals surface area (Å²) in [5.41, 5.74) is 5.53. The number of halogens is 3. The summed E-state index contributed by atoms with van der Waals surface area (Å²) in [4.78, 5) is 1.76. The van der Waals surface area contributed by atoms with Gasteiger partial charge in [-0.3, -0.25) is 0 Å². The molecule has 1 aliphatic carbocycles. The maximum absolute atomic E-state index is 13.0. The number of alkyl halides is 3. The van der Waals surface area contributed by atoms with E-state index in [4.69, 9.17) is 5.73 Å². The van der Waals surface area contributed by atoms with Crippen LogP contribution in [0.5, 0.6) is 0 Å². The van der Waals surface area contributed by atoms with Gasteiger partial charge in [0.15, 0.2) is 0 Å². The maximum atomic E-state index is 13.0. The minimum atomic E-state index is -4.31. The smallest absolute Gasteiger partial charge is 0.371 e. The van der Waals surface area contributed by atoms with Crippen molar-refractivity contribution >= 4 is 5.69 Å². The monoisotopic (exact) mass is 272 g/mol. The number of nitrogens with zero attached hydrogens (tertiary/aromatic N) is 1. The Morgan fingerprint density at radius 2 is 1.68 bits per heavy atom. The van der Waals surface area contributed by atoms with E-state index in [2.05, 4.69) is 0 Å². The fraction of sp³-hybridized carbons (Fsp3) is 0.571. The van der Waals surface area contributed by atoms with Crippen LogP contribution in [-0.4, -0.2) is 19.1 Å². The van der Waals surface area contributed by atoms with Crippen molar-refractivity contribution in [1.82, 2.24) is 0 Å². The van der Waals surface area contributed by atoms with E-state index in [0.29, 0.717) is 0 Å². The van der Waals surface area contributed by atoms with E-state index in [-0.39, 0.29) is 17.8 Å². The van der Waals surface area contributed by atoms with Crippen molar-refractivity contribution in [2.75, 3.05) is 11.9 Å². The zero-order chi connectivity index (χ0) is 14.0. The average molecular weight is 272 g/mol. The summed E-state index contributed by atoms with van der Waals surface area (Å²) in [6.07, 6.45) is -0.851. The maximum Gasteiger partial charge on any atom is 0.418 e. The first-order valence-corrected chi connectivity index (χ1v) is 6.54. The molecule has 106 valence electrons. The Kier molecular flexibility index (Phi) is 4.04. The van der Waals surface area contributed by atoms with E-state index < -0.39 is 11.7 Å². The molecule has 19 heavy (non-hydrogen) atoms. The quantitative estimate of drug-likeness (QED) is 0.894. The third-order valence-corrected chi connectivity index (χ3v) is 3.88. The van der Waals surface area contributed by atoms with Crippen LogP contribution in [0.15, 0.2) is 24.3 Å². The highest BCUT2D eigenvalue weighted by Crippen LogP contribution is 2.37. The molecule has 1 fully saturated rings. The molecule has 5 heteroatoms. The lowest BCUT2D eigenvalue weighted by Crippen LogP contribution is -2.39. The molecular formula is C14H19F3N2. The number of benzene rings is 1. The largest absolute Gasteiger partial charge is 0.418 e. The summed E-state index contributed by atoms with van der Waals surface area (Å²) < 4.78 is 39.0. The van der Waals surface area contributed by atoms with Gasteiger partial charge in [-0.25, -0.2) is 0 Å². The lowest BCUT2D eigenvalue weighted by molar-refractivity contribution is -0.137. The molecule has 1 aliphatic rings. The first-order valence-electron chi connectivity index (χ1n) is 6.54. The molecule has 0 atom stereocenters. The van der Waals surface area contributed by atoms with Crippen LogP contribution in [0.2, 0.25) is 0 Å². The van der Waals surface area contributed by atoms with Gasteiger partial charge in [-0.2, -0.15) is 13.2 Å². The highest BCUT2D eigenvalue weighted by molar-refractivity contribution is 5.55. The Balaban J connectivity index is 2.22. The predicted molar refractivity (Wildman–Crippen MR) is 70.1 cm³/mol. The standard InChI is InChI=1S/C14H19F3N2/c1-19(11-8-6-10(18)7-9-11)13-5-3-2-4-12(13)14(15,16)17/h2-5,10-11H,6-9,18H2,1H3. The van der Waals surface area contributed by atoms with Crippen LogP contribution in [0.25, 0.3) is 0 Å². The lowest BCUT2D eigenvalue weighted by atomic mass is 9.90. The average Bonchev–Trinajstić information content (AvgIpc) is 2.38. The van der Waals surface area contributed by atoms with Gasteiger partial charge in [0.25, 0.3) is 0 Å². The summed E-state index contributed by atoms with van der Waals surface area (Å²) >= 11 is 0. The summed E-state index contributed by atoms with van der Waals surface area (Å²) in [5, 5.41) is 0. The van der Waals surface area contributed by atoms with Crippen LogP contribution in [0.3, 0.4) is 0 Å². The molecule has 1 aromatic carbocycles. The third kappa shape index (κ3) is 3.21. The molecule has 0 amide bonds. The van der Waals surface area contributed by atoms with Gasteiger partial charge >= 0.3 is 6.18 Å². The molecule has 0 radical (unpaired) electrons. The summed E-state index contributed by atoms with van der Waals surface area (Å²) in [6, 6.07) is 6.09. The van der Waals surface area contributed by atoms with Crippen molar-refractivity contribution in [3.8, 4) is 0 Å². The van der Waals surface area contributed by atoms with Gasteiger partial charge in [0.1, 0.15) is 0 Å². The lowest BCUT2D eigenvalue weighted by Gasteiger charge is -2.36. The van der Waals surface area contributed by atoms with Crippen LogP contribution in [0.1, 0.15) is 31.2 Å². The Bertz CT molecular complexity index is 423. The molecule has 0 aromatic heterocycles. The van der Waals surface area contributed by atoms with Crippen molar-refractivity contribution < 1.29 is 13.2 Å². The molecule has 0 aliphatic heterocycles. The minimum Gasteiger partial charge on any atom is -0.371 e. The molecule has 1 saturated carbocycles.